The number of halogens is 5. The average Bonchev–Trinajstić information content (AvgIpc) is 1.55. The molecule has 1 N–H and O–H groups in total. The summed E-state index contributed by atoms with van der Waals surface area (Å²) in [4.78, 5) is 0. The van der Waals surface area contributed by atoms with Crippen molar-refractivity contribution >= 4 is 10.2 Å². The number of hydrogen-bond donors (Lipinski definition) is 1. The van der Waals surface area contributed by atoms with E-state index in [9.17, 15) is 19.4 Å². The van der Waals surface area contributed by atoms with Crippen LogP contribution in [-0.2, 0) is 0 Å². The van der Waals surface area contributed by atoms with Crippen LogP contribution in [0.3, 0.4) is 0 Å². The second-order valence-corrected chi connectivity index (χ2v) is 3.91. The van der Waals surface area contributed by atoms with Gasteiger partial charge in [0.2, 0.25) is 0 Å². The van der Waals surface area contributed by atoms with Crippen LogP contribution in [-0.4, -0.2) is 11.7 Å². The first-order valence-electron chi connectivity index (χ1n) is 2.07. The normalized spacial score (nSPS) is 20.6. The zero-order valence-corrected chi connectivity index (χ0v) is 5.42. The Balaban J connectivity index is 4.58. The van der Waals surface area contributed by atoms with E-state index in [0.29, 0.717) is 0 Å². The molecule has 0 saturated carbocycles. The van der Waals surface area contributed by atoms with Crippen molar-refractivity contribution in [1.82, 2.24) is 0 Å². The minimum Gasteiger partial charge on any atom is -0.392 e. The lowest BCUT2D eigenvalue weighted by atomic mass is 10.7. The first kappa shape index (κ1) is 9.70. The van der Waals surface area contributed by atoms with Crippen molar-refractivity contribution in [2.45, 2.75) is 0 Å². The Morgan fingerprint density at radius 2 is 1.50 bits per heavy atom. The van der Waals surface area contributed by atoms with Gasteiger partial charge in [0.1, 0.15) is 0 Å². The molecule has 0 unspecified atom stereocenters. The maximum Gasteiger partial charge on any atom is 0.304 e. The van der Waals surface area contributed by atoms with Gasteiger partial charge in [0, 0.05) is 0 Å². The molecule has 0 aromatic rings. The molecule has 0 spiro atoms. The maximum atomic E-state index is 11.2. The van der Waals surface area contributed by atoms with Crippen molar-refractivity contribution in [1.29, 1.82) is 0 Å². The fourth-order valence-electron chi connectivity index (χ4n) is 0.225. The van der Waals surface area contributed by atoms with Crippen molar-refractivity contribution < 1.29 is 24.5 Å². The minimum atomic E-state index is -9.40. The van der Waals surface area contributed by atoms with Crippen molar-refractivity contribution in [3.63, 3.8) is 0 Å². The van der Waals surface area contributed by atoms with Gasteiger partial charge in [-0.3, -0.25) is 0 Å². The highest BCUT2D eigenvalue weighted by molar-refractivity contribution is 8.48. The zero-order valence-electron chi connectivity index (χ0n) is 4.61. The highest BCUT2D eigenvalue weighted by atomic mass is 32.5. The van der Waals surface area contributed by atoms with Gasteiger partial charge in [-0.25, -0.2) is 0 Å². The molecule has 1 nitrogen and oxygen atoms in total. The predicted octanol–water partition coefficient (Wildman–Crippen LogP) is 2.79. The number of hydrogen-bond acceptors (Lipinski definition) is 1. The lowest BCUT2D eigenvalue weighted by Gasteiger charge is -2.36. The van der Waals surface area contributed by atoms with Gasteiger partial charge in [0.05, 0.1) is 12.0 Å². The van der Waals surface area contributed by atoms with E-state index in [1.54, 1.807) is 0 Å². The number of rotatable bonds is 2. The molecule has 0 aromatic heterocycles. The highest BCUT2D eigenvalue weighted by Gasteiger charge is 2.60. The Hall–Kier alpha value is -0.300. The van der Waals surface area contributed by atoms with E-state index < -0.39 is 22.2 Å². The molecule has 0 aliphatic rings. The third kappa shape index (κ3) is 7.70. The van der Waals surface area contributed by atoms with Crippen LogP contribution in [0, 0.1) is 0 Å². The summed E-state index contributed by atoms with van der Waals surface area (Å²) in [7, 11) is -9.40. The molecule has 0 aromatic carbocycles. The lowest BCUT2D eigenvalue weighted by Crippen LogP contribution is -1.99. The highest BCUT2D eigenvalue weighted by Crippen LogP contribution is 2.98. The summed E-state index contributed by atoms with van der Waals surface area (Å²) in [5.41, 5.74) is 0. The van der Waals surface area contributed by atoms with Crippen LogP contribution >= 0.6 is 10.2 Å². The monoisotopic (exact) mass is 184 g/mol. The molecular weight excluding hydrogens is 179 g/mol. The van der Waals surface area contributed by atoms with E-state index in [1.165, 1.54) is 0 Å². The average molecular weight is 184 g/mol. The molecule has 0 rings (SSSR count). The molecular formula is C3H5F5OS. The summed E-state index contributed by atoms with van der Waals surface area (Å²) < 4.78 is 56.0. The van der Waals surface area contributed by atoms with Crippen LogP contribution in [0.15, 0.2) is 11.5 Å². The molecule has 0 fully saturated rings. The van der Waals surface area contributed by atoms with Gasteiger partial charge in [0.25, 0.3) is 0 Å². The van der Waals surface area contributed by atoms with Gasteiger partial charge < -0.3 is 5.11 Å². The summed E-state index contributed by atoms with van der Waals surface area (Å²) in [6, 6.07) is 0. The van der Waals surface area contributed by atoms with Gasteiger partial charge in [0.15, 0.2) is 0 Å². The molecule has 7 heteroatoms. The topological polar surface area (TPSA) is 20.2 Å². The van der Waals surface area contributed by atoms with Gasteiger partial charge >= 0.3 is 10.2 Å². The number of aliphatic hydroxyl groups is 1. The Labute approximate surface area is 53.9 Å². The van der Waals surface area contributed by atoms with Gasteiger partial charge in [-0.1, -0.05) is 19.4 Å². The zero-order chi connectivity index (χ0) is 8.53. The molecule has 10 heavy (non-hydrogen) atoms. The Morgan fingerprint density at radius 1 is 1.10 bits per heavy atom. The summed E-state index contributed by atoms with van der Waals surface area (Å²) in [5, 5.41) is 6.58. The van der Waals surface area contributed by atoms with E-state index in [-0.39, 0.29) is 6.08 Å². The second kappa shape index (κ2) is 1.65. The first-order chi connectivity index (χ1) is 4.04. The smallest absolute Gasteiger partial charge is 0.304 e. The lowest BCUT2D eigenvalue weighted by molar-refractivity contribution is 0.340. The summed E-state index contributed by atoms with van der Waals surface area (Å²) in [6.07, 6.45) is -0.0401. The fourth-order valence-corrected chi connectivity index (χ4v) is 0.675. The maximum absolute atomic E-state index is 11.2. The standard InChI is InChI=1S/C3H5F5OS/c4-10(5,6,7,8)3-1-2-9/h1,3,9H,2H2/b3-1+. The predicted molar refractivity (Wildman–Crippen MR) is 29.4 cm³/mol. The van der Waals surface area contributed by atoms with E-state index in [2.05, 4.69) is 0 Å². The van der Waals surface area contributed by atoms with E-state index >= 15 is 0 Å². The van der Waals surface area contributed by atoms with Crippen molar-refractivity contribution in [3.8, 4) is 0 Å². The van der Waals surface area contributed by atoms with Gasteiger partial charge in [-0.15, -0.1) is 0 Å². The summed E-state index contributed by atoms with van der Waals surface area (Å²) >= 11 is 0. The Bertz CT molecular complexity index is 153. The Morgan fingerprint density at radius 3 is 1.60 bits per heavy atom. The summed E-state index contributed by atoms with van der Waals surface area (Å²) in [5.74, 6) is 0. The van der Waals surface area contributed by atoms with Crippen LogP contribution in [0.4, 0.5) is 19.4 Å². The molecule has 0 bridgehead atoms. The van der Waals surface area contributed by atoms with Crippen molar-refractivity contribution in [3.05, 3.63) is 11.5 Å². The quantitative estimate of drug-likeness (QED) is 0.654. The summed E-state index contributed by atoms with van der Waals surface area (Å²) in [6.45, 7) is -1.05. The number of aliphatic hydroxyl groups excluding tert-OH is 1. The van der Waals surface area contributed by atoms with E-state index in [0.717, 1.165) is 0 Å². The molecule has 0 heterocycles. The van der Waals surface area contributed by atoms with E-state index in [1.807, 2.05) is 0 Å². The molecule has 0 saturated heterocycles. The van der Waals surface area contributed by atoms with Crippen LogP contribution in [0.2, 0.25) is 0 Å². The molecule has 0 amide bonds. The molecule has 0 radical (unpaired) electrons. The fraction of sp³-hybridized carbons (Fsp3) is 0.333. The third-order valence-corrected chi connectivity index (χ3v) is 1.17. The van der Waals surface area contributed by atoms with Crippen LogP contribution in [0.1, 0.15) is 0 Å². The van der Waals surface area contributed by atoms with Gasteiger partial charge in [-0.05, 0) is 6.08 Å². The van der Waals surface area contributed by atoms with Crippen LogP contribution in [0.5, 0.6) is 0 Å². The first-order valence-corrected chi connectivity index (χ1v) is 4.08. The largest absolute Gasteiger partial charge is 0.392 e. The van der Waals surface area contributed by atoms with Crippen LogP contribution in [0.25, 0.3) is 0 Å². The molecule has 64 valence electrons. The molecule has 0 atom stereocenters. The van der Waals surface area contributed by atoms with Gasteiger partial charge in [-0.2, -0.15) is 0 Å². The van der Waals surface area contributed by atoms with Crippen molar-refractivity contribution in [2.24, 2.45) is 0 Å². The molecule has 0 aliphatic carbocycles. The minimum absolute atomic E-state index is 0.0401. The van der Waals surface area contributed by atoms with E-state index in [4.69, 9.17) is 5.11 Å². The SMILES string of the molecule is OC/C=C/S(F)(F)(F)(F)F. The second-order valence-electron chi connectivity index (χ2n) is 1.58. The van der Waals surface area contributed by atoms with Crippen LogP contribution < -0.4 is 0 Å². The van der Waals surface area contributed by atoms with Crippen molar-refractivity contribution in [2.75, 3.05) is 6.61 Å². The Kier molecular flexibility index (Phi) is 1.60. The third-order valence-electron chi connectivity index (χ3n) is 0.459. The molecule has 0 aliphatic heterocycles.